The van der Waals surface area contributed by atoms with Crippen LogP contribution in [0.15, 0.2) is 48.5 Å². The molecule has 2 aromatic carbocycles. The maximum atomic E-state index is 14.0. The van der Waals surface area contributed by atoms with E-state index in [0.717, 1.165) is 18.4 Å². The molecular formula is C22H26ClFN2O2. The zero-order valence-corrected chi connectivity index (χ0v) is 17.0. The van der Waals surface area contributed by atoms with Gasteiger partial charge in [0, 0.05) is 18.1 Å². The Morgan fingerprint density at radius 1 is 1.11 bits per heavy atom. The van der Waals surface area contributed by atoms with Gasteiger partial charge < -0.3 is 10.2 Å². The van der Waals surface area contributed by atoms with Gasteiger partial charge in [-0.15, -0.1) is 0 Å². The van der Waals surface area contributed by atoms with Gasteiger partial charge in [-0.2, -0.15) is 0 Å². The van der Waals surface area contributed by atoms with Gasteiger partial charge >= 0.3 is 0 Å². The minimum Gasteiger partial charge on any atom is -0.354 e. The fourth-order valence-electron chi connectivity index (χ4n) is 2.84. The van der Waals surface area contributed by atoms with E-state index in [1.54, 1.807) is 37.3 Å². The molecule has 0 heterocycles. The largest absolute Gasteiger partial charge is 0.354 e. The van der Waals surface area contributed by atoms with E-state index >= 15 is 0 Å². The Kier molecular flexibility index (Phi) is 8.45. The first-order chi connectivity index (χ1) is 13.4. The van der Waals surface area contributed by atoms with Crippen LogP contribution in [-0.4, -0.2) is 29.3 Å². The predicted molar refractivity (Wildman–Crippen MR) is 109 cm³/mol. The van der Waals surface area contributed by atoms with Crippen LogP contribution in [0.5, 0.6) is 0 Å². The predicted octanol–water partition coefficient (Wildman–Crippen LogP) is 4.36. The lowest BCUT2D eigenvalue weighted by molar-refractivity contribution is -0.140. The molecule has 0 radical (unpaired) electrons. The van der Waals surface area contributed by atoms with Crippen molar-refractivity contribution >= 4 is 23.4 Å². The smallest absolute Gasteiger partial charge is 0.242 e. The Hall–Kier alpha value is -2.40. The summed E-state index contributed by atoms with van der Waals surface area (Å²) in [6, 6.07) is 12.6. The third kappa shape index (κ3) is 6.06. The summed E-state index contributed by atoms with van der Waals surface area (Å²) in [5.74, 6) is -1.00. The number of amides is 2. The third-order valence-corrected chi connectivity index (χ3v) is 4.96. The van der Waals surface area contributed by atoms with Gasteiger partial charge in [0.1, 0.15) is 11.9 Å². The molecule has 0 aromatic heterocycles. The molecule has 1 N–H and O–H groups in total. The summed E-state index contributed by atoms with van der Waals surface area (Å²) in [4.78, 5) is 27.0. The zero-order valence-electron chi connectivity index (χ0n) is 16.3. The lowest BCUT2D eigenvalue weighted by Crippen LogP contribution is -2.48. The number of hydrogen-bond donors (Lipinski definition) is 1. The molecular weight excluding hydrogens is 379 g/mol. The Bertz CT molecular complexity index is 813. The first kappa shape index (κ1) is 21.9. The van der Waals surface area contributed by atoms with Crippen LogP contribution in [-0.2, 0) is 22.6 Å². The topological polar surface area (TPSA) is 49.4 Å². The molecule has 0 aliphatic heterocycles. The highest BCUT2D eigenvalue weighted by Gasteiger charge is 2.27. The number of halogens is 2. The van der Waals surface area contributed by atoms with Crippen LogP contribution >= 0.6 is 11.6 Å². The molecule has 0 spiro atoms. The highest BCUT2D eigenvalue weighted by Crippen LogP contribution is 2.20. The fourth-order valence-corrected chi connectivity index (χ4v) is 3.03. The zero-order chi connectivity index (χ0) is 20.5. The van der Waals surface area contributed by atoms with Crippen molar-refractivity contribution in [3.05, 3.63) is 70.5 Å². The molecule has 1 unspecified atom stereocenters. The lowest BCUT2D eigenvalue weighted by Gasteiger charge is -2.29. The summed E-state index contributed by atoms with van der Waals surface area (Å²) in [7, 11) is 0. The number of nitrogens with zero attached hydrogens (tertiary/aromatic N) is 1. The monoisotopic (exact) mass is 404 g/mol. The van der Waals surface area contributed by atoms with E-state index in [4.69, 9.17) is 11.6 Å². The van der Waals surface area contributed by atoms with Gasteiger partial charge in [-0.25, -0.2) is 4.39 Å². The van der Waals surface area contributed by atoms with E-state index < -0.39 is 11.9 Å². The minimum absolute atomic E-state index is 0.121. The average Bonchev–Trinajstić information content (AvgIpc) is 2.68. The maximum absolute atomic E-state index is 14.0. The van der Waals surface area contributed by atoms with Gasteiger partial charge in [0.2, 0.25) is 11.8 Å². The molecule has 2 amide bonds. The molecule has 4 nitrogen and oxygen atoms in total. The minimum atomic E-state index is -0.701. The van der Waals surface area contributed by atoms with Crippen molar-refractivity contribution in [3.8, 4) is 0 Å². The van der Waals surface area contributed by atoms with Crippen LogP contribution < -0.4 is 5.32 Å². The average molecular weight is 405 g/mol. The lowest BCUT2D eigenvalue weighted by atomic mass is 10.1. The van der Waals surface area contributed by atoms with E-state index in [9.17, 15) is 14.0 Å². The van der Waals surface area contributed by atoms with Crippen LogP contribution in [0.2, 0.25) is 5.02 Å². The fraction of sp³-hybridized carbons (Fsp3) is 0.364. The SMILES string of the molecule is CCCCNC(=O)C(C)N(Cc1ccccc1Cl)C(=O)Cc1ccccc1F. The molecule has 2 rings (SSSR count). The van der Waals surface area contributed by atoms with Crippen LogP contribution in [0.25, 0.3) is 0 Å². The Morgan fingerprint density at radius 3 is 2.39 bits per heavy atom. The molecule has 0 bridgehead atoms. The highest BCUT2D eigenvalue weighted by atomic mass is 35.5. The number of hydrogen-bond acceptors (Lipinski definition) is 2. The van der Waals surface area contributed by atoms with E-state index in [1.807, 2.05) is 19.1 Å². The normalized spacial score (nSPS) is 11.7. The summed E-state index contributed by atoms with van der Waals surface area (Å²) < 4.78 is 14.0. The molecule has 0 saturated heterocycles. The van der Waals surface area contributed by atoms with Gasteiger partial charge in [0.25, 0.3) is 0 Å². The van der Waals surface area contributed by atoms with E-state index in [0.29, 0.717) is 17.1 Å². The van der Waals surface area contributed by atoms with Crippen LogP contribution in [0, 0.1) is 5.82 Å². The van der Waals surface area contributed by atoms with Crippen LogP contribution in [0.3, 0.4) is 0 Å². The van der Waals surface area contributed by atoms with E-state index in [-0.39, 0.29) is 24.8 Å². The Balaban J connectivity index is 2.22. The molecule has 0 saturated carbocycles. The van der Waals surface area contributed by atoms with Crippen molar-refractivity contribution in [2.24, 2.45) is 0 Å². The highest BCUT2D eigenvalue weighted by molar-refractivity contribution is 6.31. The second kappa shape index (κ2) is 10.8. The van der Waals surface area contributed by atoms with Gasteiger partial charge in [0.05, 0.1) is 6.42 Å². The molecule has 2 aromatic rings. The van der Waals surface area contributed by atoms with Crippen molar-refractivity contribution < 1.29 is 14.0 Å². The summed E-state index contributed by atoms with van der Waals surface area (Å²) in [5, 5.41) is 3.37. The molecule has 0 fully saturated rings. The van der Waals surface area contributed by atoms with E-state index in [1.165, 1.54) is 11.0 Å². The summed E-state index contributed by atoms with van der Waals surface area (Å²) in [6.07, 6.45) is 1.71. The van der Waals surface area contributed by atoms with Gasteiger partial charge in [-0.05, 0) is 36.6 Å². The second-order valence-corrected chi connectivity index (χ2v) is 7.11. The number of unbranched alkanes of at least 4 members (excludes halogenated alkanes) is 1. The van der Waals surface area contributed by atoms with Crippen molar-refractivity contribution in [1.82, 2.24) is 10.2 Å². The number of nitrogens with one attached hydrogen (secondary N) is 1. The number of carbonyl (C=O) groups excluding carboxylic acids is 2. The second-order valence-electron chi connectivity index (χ2n) is 6.70. The first-order valence-corrected chi connectivity index (χ1v) is 9.85. The molecule has 28 heavy (non-hydrogen) atoms. The van der Waals surface area contributed by atoms with Crippen LogP contribution in [0.4, 0.5) is 4.39 Å². The third-order valence-electron chi connectivity index (χ3n) is 4.59. The number of carbonyl (C=O) groups is 2. The van der Waals surface area contributed by atoms with Crippen molar-refractivity contribution in [1.29, 1.82) is 0 Å². The molecule has 0 aliphatic carbocycles. The number of rotatable bonds is 9. The Morgan fingerprint density at radius 2 is 1.75 bits per heavy atom. The van der Waals surface area contributed by atoms with Crippen LogP contribution in [0.1, 0.15) is 37.8 Å². The van der Waals surface area contributed by atoms with Gasteiger partial charge in [0.15, 0.2) is 0 Å². The van der Waals surface area contributed by atoms with Gasteiger partial charge in [-0.1, -0.05) is 61.3 Å². The molecule has 150 valence electrons. The van der Waals surface area contributed by atoms with E-state index in [2.05, 4.69) is 5.32 Å². The molecule has 6 heteroatoms. The summed E-state index contributed by atoms with van der Waals surface area (Å²) in [6.45, 7) is 4.45. The summed E-state index contributed by atoms with van der Waals surface area (Å²) >= 11 is 6.25. The quantitative estimate of drug-likeness (QED) is 0.631. The first-order valence-electron chi connectivity index (χ1n) is 9.48. The van der Waals surface area contributed by atoms with Crippen molar-refractivity contribution in [2.75, 3.05) is 6.54 Å². The van der Waals surface area contributed by atoms with Gasteiger partial charge in [-0.3, -0.25) is 9.59 Å². The van der Waals surface area contributed by atoms with Crippen molar-refractivity contribution in [2.45, 2.75) is 45.7 Å². The maximum Gasteiger partial charge on any atom is 0.242 e. The summed E-state index contributed by atoms with van der Waals surface area (Å²) in [5.41, 5.74) is 1.04. The number of benzene rings is 2. The Labute approximate surface area is 170 Å². The molecule has 1 atom stereocenters. The van der Waals surface area contributed by atoms with Crippen molar-refractivity contribution in [3.63, 3.8) is 0 Å². The standard InChI is InChI=1S/C22H26ClFN2O2/c1-3-4-13-25-22(28)16(2)26(15-18-10-5-7-11-19(18)23)21(27)14-17-9-6-8-12-20(17)24/h5-12,16H,3-4,13-15H2,1-2H3,(H,25,28). The molecule has 0 aliphatic rings.